The number of rotatable bonds is 6. The lowest BCUT2D eigenvalue weighted by molar-refractivity contribution is -0.126. The molecule has 3 rings (SSSR count). The highest BCUT2D eigenvalue weighted by molar-refractivity contribution is 6.04. The van der Waals surface area contributed by atoms with Gasteiger partial charge in [-0.25, -0.2) is 0 Å². The fourth-order valence-corrected chi connectivity index (χ4v) is 2.75. The number of hydrogen-bond acceptors (Lipinski definition) is 5. The van der Waals surface area contributed by atoms with Crippen LogP contribution in [0.15, 0.2) is 48.7 Å². The van der Waals surface area contributed by atoms with Crippen LogP contribution in [0, 0.1) is 0 Å². The second-order valence-electron chi connectivity index (χ2n) is 5.94. The molecule has 0 radical (unpaired) electrons. The van der Waals surface area contributed by atoms with E-state index in [0.29, 0.717) is 25.4 Å². The molecule has 0 aliphatic carbocycles. The van der Waals surface area contributed by atoms with Gasteiger partial charge in [-0.1, -0.05) is 18.2 Å². The molecular formula is C19H22N4O3. The summed E-state index contributed by atoms with van der Waals surface area (Å²) in [6, 6.07) is 13.1. The van der Waals surface area contributed by atoms with E-state index in [1.165, 1.54) is 0 Å². The van der Waals surface area contributed by atoms with Crippen LogP contribution in [0.3, 0.4) is 0 Å². The summed E-state index contributed by atoms with van der Waals surface area (Å²) in [5, 5.41) is 5.54. The van der Waals surface area contributed by atoms with Crippen molar-refractivity contribution in [2.75, 3.05) is 36.5 Å². The first-order chi connectivity index (χ1) is 12.7. The van der Waals surface area contributed by atoms with Crippen LogP contribution in [0.4, 0.5) is 11.4 Å². The second-order valence-corrected chi connectivity index (χ2v) is 5.94. The highest BCUT2D eigenvalue weighted by atomic mass is 16.5. The minimum absolute atomic E-state index is 0.232. The van der Waals surface area contributed by atoms with Crippen molar-refractivity contribution >= 4 is 23.2 Å². The van der Waals surface area contributed by atoms with Crippen LogP contribution in [-0.4, -0.2) is 43.1 Å². The fourth-order valence-electron chi connectivity index (χ4n) is 2.75. The molecule has 1 aliphatic rings. The Morgan fingerprint density at radius 3 is 2.58 bits per heavy atom. The van der Waals surface area contributed by atoms with Crippen LogP contribution in [0.5, 0.6) is 0 Å². The SMILES string of the molecule is O=C(CC(=O)Nc1ccccc1N1CCOCC1)NCc1ccccn1. The zero-order valence-electron chi connectivity index (χ0n) is 14.5. The van der Waals surface area contributed by atoms with Gasteiger partial charge in [-0.2, -0.15) is 0 Å². The van der Waals surface area contributed by atoms with Crippen LogP contribution in [0.1, 0.15) is 12.1 Å². The van der Waals surface area contributed by atoms with Gasteiger partial charge >= 0.3 is 0 Å². The molecule has 2 aromatic rings. The summed E-state index contributed by atoms with van der Waals surface area (Å²) in [5.41, 5.74) is 2.40. The second kappa shape index (κ2) is 8.96. The van der Waals surface area contributed by atoms with Crippen molar-refractivity contribution in [3.8, 4) is 0 Å². The largest absolute Gasteiger partial charge is 0.378 e. The quantitative estimate of drug-likeness (QED) is 0.769. The number of aromatic nitrogens is 1. The number of hydrogen-bond donors (Lipinski definition) is 2. The fraction of sp³-hybridized carbons (Fsp3) is 0.316. The maximum atomic E-state index is 12.2. The summed E-state index contributed by atoms with van der Waals surface area (Å²) in [6.45, 7) is 3.18. The van der Waals surface area contributed by atoms with E-state index >= 15 is 0 Å². The number of benzene rings is 1. The van der Waals surface area contributed by atoms with Crippen LogP contribution in [-0.2, 0) is 20.9 Å². The van der Waals surface area contributed by atoms with Gasteiger partial charge in [0.25, 0.3) is 0 Å². The molecule has 0 saturated carbocycles. The van der Waals surface area contributed by atoms with Crippen molar-refractivity contribution in [3.63, 3.8) is 0 Å². The minimum Gasteiger partial charge on any atom is -0.378 e. The monoisotopic (exact) mass is 354 g/mol. The van der Waals surface area contributed by atoms with Crippen molar-refractivity contribution in [2.24, 2.45) is 0 Å². The zero-order chi connectivity index (χ0) is 18.2. The highest BCUT2D eigenvalue weighted by Crippen LogP contribution is 2.26. The molecule has 26 heavy (non-hydrogen) atoms. The third-order valence-corrected chi connectivity index (χ3v) is 4.04. The minimum atomic E-state index is -0.343. The van der Waals surface area contributed by atoms with Crippen LogP contribution < -0.4 is 15.5 Å². The van der Waals surface area contributed by atoms with Crippen molar-refractivity contribution in [1.29, 1.82) is 0 Å². The lowest BCUT2D eigenvalue weighted by atomic mass is 10.2. The van der Waals surface area contributed by atoms with Gasteiger partial charge < -0.3 is 20.3 Å². The number of amides is 2. The molecule has 2 N–H and O–H groups in total. The molecular weight excluding hydrogens is 332 g/mol. The standard InChI is InChI=1S/C19H22N4O3/c24-18(21-14-15-5-3-4-8-20-15)13-19(25)22-16-6-1-2-7-17(16)23-9-11-26-12-10-23/h1-8H,9-14H2,(H,21,24)(H,22,25). The average molecular weight is 354 g/mol. The Labute approximate surface area is 152 Å². The Kier molecular flexibility index (Phi) is 6.16. The molecule has 1 aromatic heterocycles. The normalized spacial score (nSPS) is 13.9. The molecule has 2 heterocycles. The zero-order valence-corrected chi connectivity index (χ0v) is 14.5. The summed E-state index contributed by atoms with van der Waals surface area (Å²) in [4.78, 5) is 30.5. The van der Waals surface area contributed by atoms with E-state index in [-0.39, 0.29) is 18.2 Å². The van der Waals surface area contributed by atoms with Crippen molar-refractivity contribution < 1.29 is 14.3 Å². The molecule has 1 saturated heterocycles. The van der Waals surface area contributed by atoms with Gasteiger partial charge in [-0.15, -0.1) is 0 Å². The molecule has 1 aliphatic heterocycles. The first kappa shape index (κ1) is 17.9. The predicted molar refractivity (Wildman–Crippen MR) is 98.8 cm³/mol. The van der Waals surface area contributed by atoms with Gasteiger partial charge in [-0.3, -0.25) is 14.6 Å². The summed E-state index contributed by atoms with van der Waals surface area (Å²) >= 11 is 0. The van der Waals surface area contributed by atoms with Crippen molar-refractivity contribution in [1.82, 2.24) is 10.3 Å². The molecule has 0 atom stereocenters. The first-order valence-electron chi connectivity index (χ1n) is 8.60. The first-order valence-corrected chi connectivity index (χ1v) is 8.60. The number of anilines is 2. The number of ether oxygens (including phenoxy) is 1. The number of nitrogens with one attached hydrogen (secondary N) is 2. The Hall–Kier alpha value is -2.93. The number of pyridine rings is 1. The molecule has 0 spiro atoms. The summed E-state index contributed by atoms with van der Waals surface area (Å²) in [6.07, 6.45) is 1.43. The summed E-state index contributed by atoms with van der Waals surface area (Å²) < 4.78 is 5.37. The van der Waals surface area contributed by atoms with E-state index in [0.717, 1.165) is 24.5 Å². The predicted octanol–water partition coefficient (Wildman–Crippen LogP) is 1.56. The lowest BCUT2D eigenvalue weighted by Gasteiger charge is -2.30. The summed E-state index contributed by atoms with van der Waals surface area (Å²) in [7, 11) is 0. The van der Waals surface area contributed by atoms with E-state index < -0.39 is 0 Å². The van der Waals surface area contributed by atoms with Crippen LogP contribution in [0.2, 0.25) is 0 Å². The summed E-state index contributed by atoms with van der Waals surface area (Å²) in [5.74, 6) is -0.679. The van der Waals surface area contributed by atoms with Crippen LogP contribution in [0.25, 0.3) is 0 Å². The Morgan fingerprint density at radius 1 is 1.04 bits per heavy atom. The molecule has 7 heteroatoms. The molecule has 0 unspecified atom stereocenters. The number of carbonyl (C=O) groups is 2. The van der Waals surface area contributed by atoms with Gasteiger partial charge in [0.15, 0.2) is 0 Å². The van der Waals surface area contributed by atoms with Crippen molar-refractivity contribution in [2.45, 2.75) is 13.0 Å². The topological polar surface area (TPSA) is 83.6 Å². The molecule has 0 bridgehead atoms. The Balaban J connectivity index is 1.54. The number of para-hydroxylation sites is 2. The number of nitrogens with zero attached hydrogens (tertiary/aromatic N) is 2. The molecule has 1 aromatic carbocycles. The molecule has 136 valence electrons. The maximum Gasteiger partial charge on any atom is 0.233 e. The Bertz CT molecular complexity index is 745. The van der Waals surface area contributed by atoms with Crippen molar-refractivity contribution in [3.05, 3.63) is 54.4 Å². The van der Waals surface area contributed by atoms with Gasteiger partial charge in [0.1, 0.15) is 6.42 Å². The van der Waals surface area contributed by atoms with Gasteiger partial charge in [0.05, 0.1) is 36.8 Å². The van der Waals surface area contributed by atoms with Crippen LogP contribution >= 0.6 is 0 Å². The Morgan fingerprint density at radius 2 is 1.81 bits per heavy atom. The number of carbonyl (C=O) groups excluding carboxylic acids is 2. The molecule has 7 nitrogen and oxygen atoms in total. The van der Waals surface area contributed by atoms with Gasteiger partial charge in [0.2, 0.25) is 11.8 Å². The van der Waals surface area contributed by atoms with Gasteiger partial charge in [-0.05, 0) is 24.3 Å². The number of morpholine rings is 1. The van der Waals surface area contributed by atoms with E-state index in [9.17, 15) is 9.59 Å². The third-order valence-electron chi connectivity index (χ3n) is 4.04. The molecule has 1 fully saturated rings. The third kappa shape index (κ3) is 5.03. The van der Waals surface area contributed by atoms with Gasteiger partial charge in [0, 0.05) is 19.3 Å². The smallest absolute Gasteiger partial charge is 0.233 e. The van der Waals surface area contributed by atoms with E-state index in [2.05, 4.69) is 20.5 Å². The maximum absolute atomic E-state index is 12.2. The lowest BCUT2D eigenvalue weighted by Crippen LogP contribution is -2.37. The van der Waals surface area contributed by atoms with E-state index in [1.807, 2.05) is 42.5 Å². The van der Waals surface area contributed by atoms with E-state index in [4.69, 9.17) is 4.74 Å². The molecule has 2 amide bonds. The highest BCUT2D eigenvalue weighted by Gasteiger charge is 2.16. The van der Waals surface area contributed by atoms with E-state index in [1.54, 1.807) is 6.20 Å². The average Bonchev–Trinajstić information content (AvgIpc) is 2.68.